The van der Waals surface area contributed by atoms with Gasteiger partial charge in [-0.3, -0.25) is 0 Å². The molecule has 0 radical (unpaired) electrons. The lowest BCUT2D eigenvalue weighted by Crippen LogP contribution is -2.26. The Hall–Kier alpha value is -1.19. The number of aliphatic hydroxyl groups excluding tert-OH is 1. The summed E-state index contributed by atoms with van der Waals surface area (Å²) in [5, 5.41) is 8.47. The van der Waals surface area contributed by atoms with Crippen LogP contribution >= 0.6 is 0 Å². The van der Waals surface area contributed by atoms with Gasteiger partial charge in [0, 0.05) is 19.2 Å². The van der Waals surface area contributed by atoms with Gasteiger partial charge in [0.1, 0.15) is 0 Å². The number of aliphatic hydroxyl groups is 1. The summed E-state index contributed by atoms with van der Waals surface area (Å²) in [4.78, 5) is 3.62. The molecule has 9 heteroatoms. The van der Waals surface area contributed by atoms with Crippen LogP contribution in [0.3, 0.4) is 0 Å². The number of alkyl halides is 3. The molecule has 1 heterocycles. The Morgan fingerprint density at radius 3 is 2.47 bits per heavy atom. The highest BCUT2D eigenvalue weighted by Gasteiger charge is 2.26. The second kappa shape index (κ2) is 6.31. The summed E-state index contributed by atoms with van der Waals surface area (Å²) in [6, 6.07) is 2.55. The molecule has 0 fully saturated rings. The van der Waals surface area contributed by atoms with Crippen LogP contribution in [0.4, 0.5) is 13.2 Å². The van der Waals surface area contributed by atoms with Crippen LogP contribution in [0.15, 0.2) is 23.4 Å². The number of aromatic nitrogens is 1. The van der Waals surface area contributed by atoms with E-state index in [2.05, 4.69) is 4.98 Å². The highest BCUT2D eigenvalue weighted by Crippen LogP contribution is 2.20. The van der Waals surface area contributed by atoms with Gasteiger partial charge in [0.2, 0.25) is 0 Å². The van der Waals surface area contributed by atoms with Gasteiger partial charge in [0.15, 0.2) is 5.03 Å². The maximum Gasteiger partial charge on any atom is 0.389 e. The van der Waals surface area contributed by atoms with Crippen molar-refractivity contribution in [2.45, 2.75) is 30.7 Å². The Morgan fingerprint density at radius 1 is 1.32 bits per heavy atom. The average Bonchev–Trinajstić information content (AvgIpc) is 2.34. The van der Waals surface area contributed by atoms with Gasteiger partial charge in [-0.2, -0.15) is 13.2 Å². The van der Waals surface area contributed by atoms with Crippen LogP contribution in [-0.2, 0) is 16.6 Å². The number of halogens is 3. The van der Waals surface area contributed by atoms with Crippen molar-refractivity contribution in [3.63, 3.8) is 0 Å². The lowest BCUT2D eigenvalue weighted by atomic mass is 10.3. The smallest absolute Gasteiger partial charge is 0.389 e. The summed E-state index contributed by atoms with van der Waals surface area (Å²) in [7, 11) is -3.91. The van der Waals surface area contributed by atoms with Crippen LogP contribution in [0.5, 0.6) is 0 Å². The minimum Gasteiger partial charge on any atom is -0.392 e. The second-order valence-corrected chi connectivity index (χ2v) is 5.49. The molecule has 1 aromatic heterocycles. The standard InChI is InChI=1S/C10H13F3N2O3S/c11-10(12,13)4-1-5-15-19(17,18)9-3-2-8(7-16)6-14-9/h2-3,6,15-16H,1,4-5,7H2. The Kier molecular flexibility index (Phi) is 5.27. The molecular formula is C10H13F3N2O3S. The van der Waals surface area contributed by atoms with Crippen molar-refractivity contribution in [3.05, 3.63) is 23.9 Å². The summed E-state index contributed by atoms with van der Waals surface area (Å²) < 4.78 is 60.9. The normalized spacial score (nSPS) is 12.6. The van der Waals surface area contributed by atoms with Crippen LogP contribution in [0.2, 0.25) is 0 Å². The van der Waals surface area contributed by atoms with Gasteiger partial charge >= 0.3 is 6.18 Å². The Balaban J connectivity index is 2.56. The number of sulfonamides is 1. The molecule has 0 saturated heterocycles. The summed E-state index contributed by atoms with van der Waals surface area (Å²) in [6.45, 7) is -0.586. The lowest BCUT2D eigenvalue weighted by Gasteiger charge is -2.08. The Bertz CT molecular complexity index is 500. The summed E-state index contributed by atoms with van der Waals surface area (Å²) >= 11 is 0. The number of pyridine rings is 1. The Morgan fingerprint density at radius 2 is 2.00 bits per heavy atom. The predicted molar refractivity (Wildman–Crippen MR) is 60.6 cm³/mol. The molecular weight excluding hydrogens is 285 g/mol. The lowest BCUT2D eigenvalue weighted by molar-refractivity contribution is -0.135. The third kappa shape index (κ3) is 5.53. The van der Waals surface area contributed by atoms with Crippen molar-refractivity contribution < 1.29 is 26.7 Å². The highest BCUT2D eigenvalue weighted by molar-refractivity contribution is 7.89. The first-order valence-corrected chi connectivity index (χ1v) is 6.85. The van der Waals surface area contributed by atoms with Gasteiger partial charge in [0.25, 0.3) is 10.0 Å². The van der Waals surface area contributed by atoms with Crippen LogP contribution in [0.1, 0.15) is 18.4 Å². The molecule has 108 valence electrons. The molecule has 0 atom stereocenters. The van der Waals surface area contributed by atoms with E-state index in [1.54, 1.807) is 0 Å². The quantitative estimate of drug-likeness (QED) is 0.773. The molecule has 0 saturated carbocycles. The molecule has 0 spiro atoms. The Labute approximate surface area is 108 Å². The van der Waals surface area contributed by atoms with Gasteiger partial charge in [-0.15, -0.1) is 0 Å². The first-order valence-electron chi connectivity index (χ1n) is 5.37. The SMILES string of the molecule is O=S(=O)(NCCCC(F)(F)F)c1ccc(CO)cn1. The second-order valence-electron chi connectivity index (χ2n) is 3.78. The van der Waals surface area contributed by atoms with E-state index >= 15 is 0 Å². The molecule has 19 heavy (non-hydrogen) atoms. The molecule has 1 rings (SSSR count). The molecule has 1 aromatic rings. The molecule has 0 aromatic carbocycles. The van der Waals surface area contributed by atoms with Crippen molar-refractivity contribution in [3.8, 4) is 0 Å². The van der Waals surface area contributed by atoms with Gasteiger partial charge < -0.3 is 5.11 Å². The van der Waals surface area contributed by atoms with E-state index in [4.69, 9.17) is 5.11 Å². The third-order valence-electron chi connectivity index (χ3n) is 2.18. The number of hydrogen-bond donors (Lipinski definition) is 2. The molecule has 0 amide bonds. The molecule has 0 unspecified atom stereocenters. The van der Waals surface area contributed by atoms with Gasteiger partial charge in [-0.05, 0) is 18.1 Å². The maximum atomic E-state index is 11.9. The molecule has 0 bridgehead atoms. The predicted octanol–water partition coefficient (Wildman–Crippen LogP) is 1.19. The number of nitrogens with zero attached hydrogens (tertiary/aromatic N) is 1. The van der Waals surface area contributed by atoms with Crippen molar-refractivity contribution in [1.29, 1.82) is 0 Å². The van der Waals surface area contributed by atoms with Gasteiger partial charge in [-0.1, -0.05) is 6.07 Å². The zero-order chi connectivity index (χ0) is 14.5. The van der Waals surface area contributed by atoms with E-state index < -0.39 is 22.6 Å². The fourth-order valence-corrected chi connectivity index (χ4v) is 2.23. The number of hydrogen-bond acceptors (Lipinski definition) is 4. The van der Waals surface area contributed by atoms with Crippen LogP contribution < -0.4 is 4.72 Å². The molecule has 0 aliphatic heterocycles. The van der Waals surface area contributed by atoms with E-state index in [9.17, 15) is 21.6 Å². The molecule has 5 nitrogen and oxygen atoms in total. The van der Waals surface area contributed by atoms with Crippen LogP contribution in [0.25, 0.3) is 0 Å². The topological polar surface area (TPSA) is 79.3 Å². The molecule has 0 aliphatic carbocycles. The van der Waals surface area contributed by atoms with E-state index in [1.165, 1.54) is 18.3 Å². The molecule has 0 aliphatic rings. The molecule has 2 N–H and O–H groups in total. The summed E-state index contributed by atoms with van der Waals surface area (Å²) in [6.07, 6.45) is -4.50. The zero-order valence-electron chi connectivity index (χ0n) is 9.81. The number of nitrogens with one attached hydrogen (secondary N) is 1. The van der Waals surface area contributed by atoms with E-state index in [1.807, 2.05) is 4.72 Å². The minimum absolute atomic E-state index is 0.271. The summed E-state index contributed by atoms with van der Waals surface area (Å²) in [5.74, 6) is 0. The fourth-order valence-electron chi connectivity index (χ4n) is 1.23. The zero-order valence-corrected chi connectivity index (χ0v) is 10.6. The summed E-state index contributed by atoms with van der Waals surface area (Å²) in [5.41, 5.74) is 0.441. The van der Waals surface area contributed by atoms with Crippen molar-refractivity contribution in [2.75, 3.05) is 6.54 Å². The number of rotatable bonds is 6. The monoisotopic (exact) mass is 298 g/mol. The first-order chi connectivity index (χ1) is 8.74. The maximum absolute atomic E-state index is 11.9. The van der Waals surface area contributed by atoms with Crippen LogP contribution in [0, 0.1) is 0 Å². The fraction of sp³-hybridized carbons (Fsp3) is 0.500. The largest absolute Gasteiger partial charge is 0.392 e. The van der Waals surface area contributed by atoms with Crippen LogP contribution in [-0.4, -0.2) is 31.2 Å². The first kappa shape index (κ1) is 15.9. The van der Waals surface area contributed by atoms with Crippen molar-refractivity contribution in [2.24, 2.45) is 0 Å². The van der Waals surface area contributed by atoms with Crippen molar-refractivity contribution in [1.82, 2.24) is 9.71 Å². The van der Waals surface area contributed by atoms with Gasteiger partial charge in [-0.25, -0.2) is 18.1 Å². The minimum atomic E-state index is -4.30. The van der Waals surface area contributed by atoms with Gasteiger partial charge in [0.05, 0.1) is 6.61 Å². The van der Waals surface area contributed by atoms with E-state index in [0.29, 0.717) is 5.56 Å². The van der Waals surface area contributed by atoms with E-state index in [0.717, 1.165) is 0 Å². The van der Waals surface area contributed by atoms with E-state index in [-0.39, 0.29) is 24.6 Å². The average molecular weight is 298 g/mol. The van der Waals surface area contributed by atoms with Crippen molar-refractivity contribution >= 4 is 10.0 Å². The highest BCUT2D eigenvalue weighted by atomic mass is 32.2. The third-order valence-corrected chi connectivity index (χ3v) is 3.56.